The van der Waals surface area contributed by atoms with Crippen molar-refractivity contribution in [3.8, 4) is 6.07 Å². The van der Waals surface area contributed by atoms with E-state index in [1.54, 1.807) is 12.1 Å². The molecular formula is C24H29N2O3P. The summed E-state index contributed by atoms with van der Waals surface area (Å²) in [4.78, 5) is 25.4. The van der Waals surface area contributed by atoms with Crippen molar-refractivity contribution in [2.24, 2.45) is 0 Å². The van der Waals surface area contributed by atoms with Gasteiger partial charge in [-0.3, -0.25) is 0 Å². The molecule has 2 aromatic carbocycles. The number of hydrogen-bond acceptors (Lipinski definition) is 4. The summed E-state index contributed by atoms with van der Waals surface area (Å²) in [5.74, 6) is -0.221. The van der Waals surface area contributed by atoms with Crippen molar-refractivity contribution < 1.29 is 14.3 Å². The number of esters is 1. The van der Waals surface area contributed by atoms with Crippen LogP contribution in [0.3, 0.4) is 0 Å². The molecule has 1 fully saturated rings. The third kappa shape index (κ3) is 5.68. The molecule has 1 amide bonds. The van der Waals surface area contributed by atoms with Crippen LogP contribution in [0.5, 0.6) is 0 Å². The zero-order chi connectivity index (χ0) is 21.6. The fourth-order valence-corrected chi connectivity index (χ4v) is 8.95. The van der Waals surface area contributed by atoms with Crippen LogP contribution in [-0.2, 0) is 20.9 Å². The van der Waals surface area contributed by atoms with Crippen LogP contribution in [0.1, 0.15) is 35.1 Å². The Balaban J connectivity index is 1.62. The second-order valence-corrected chi connectivity index (χ2v) is 13.1. The summed E-state index contributed by atoms with van der Waals surface area (Å²) in [5, 5.41) is 12.2. The minimum atomic E-state index is -2.04. The molecule has 6 heteroatoms. The Hall–Kier alpha value is -2.70. The molecule has 1 N–H and O–H groups in total. The van der Waals surface area contributed by atoms with Gasteiger partial charge in [0.2, 0.25) is 0 Å². The van der Waals surface area contributed by atoms with Crippen molar-refractivity contribution in [1.82, 2.24) is 0 Å². The van der Waals surface area contributed by atoms with Crippen molar-refractivity contribution in [3.05, 3.63) is 64.7 Å². The van der Waals surface area contributed by atoms with E-state index in [9.17, 15) is 9.59 Å². The average Bonchev–Trinajstić information content (AvgIpc) is 3.17. The van der Waals surface area contributed by atoms with Gasteiger partial charge in [-0.1, -0.05) is 0 Å². The first kappa shape index (κ1) is 22.0. The van der Waals surface area contributed by atoms with E-state index in [0.717, 1.165) is 47.5 Å². The predicted octanol–water partition coefficient (Wildman–Crippen LogP) is 4.40. The molecule has 158 valence electrons. The zero-order valence-electron chi connectivity index (χ0n) is 17.7. The van der Waals surface area contributed by atoms with Gasteiger partial charge in [-0.15, -0.1) is 0 Å². The van der Waals surface area contributed by atoms with Crippen LogP contribution in [-0.4, -0.2) is 36.5 Å². The van der Waals surface area contributed by atoms with E-state index in [1.807, 2.05) is 44.2 Å². The van der Waals surface area contributed by atoms with E-state index < -0.39 is 7.26 Å². The Morgan fingerprint density at radius 3 is 2.30 bits per heavy atom. The van der Waals surface area contributed by atoms with Crippen LogP contribution in [0.2, 0.25) is 0 Å². The van der Waals surface area contributed by atoms with Gasteiger partial charge in [0.05, 0.1) is 0 Å². The molecule has 3 rings (SSSR count). The van der Waals surface area contributed by atoms with Crippen LogP contribution in [0.4, 0.5) is 5.69 Å². The number of hydrogen-bond donors (Lipinski definition) is 1. The van der Waals surface area contributed by atoms with Gasteiger partial charge in [-0.25, -0.2) is 0 Å². The number of benzene rings is 2. The van der Waals surface area contributed by atoms with Gasteiger partial charge in [0.15, 0.2) is 0 Å². The van der Waals surface area contributed by atoms with E-state index in [1.165, 1.54) is 0 Å². The molecule has 0 unspecified atom stereocenters. The third-order valence-corrected chi connectivity index (χ3v) is 10.8. The molecule has 1 saturated heterocycles. The topological polar surface area (TPSA) is 79.2 Å². The summed E-state index contributed by atoms with van der Waals surface area (Å²) < 4.78 is 5.51. The number of nitrogens with zero attached hydrogens (tertiary/aromatic N) is 1. The van der Waals surface area contributed by atoms with E-state index in [4.69, 9.17) is 10.00 Å². The molecular weight excluding hydrogens is 395 g/mol. The molecule has 30 heavy (non-hydrogen) atoms. The molecule has 1 heterocycles. The Morgan fingerprint density at radius 2 is 1.70 bits per heavy atom. The van der Waals surface area contributed by atoms with Crippen LogP contribution in [0.25, 0.3) is 0 Å². The van der Waals surface area contributed by atoms with Crippen molar-refractivity contribution >= 4 is 24.8 Å². The molecule has 1 aliphatic heterocycles. The van der Waals surface area contributed by atoms with Crippen molar-refractivity contribution in [1.29, 1.82) is 5.26 Å². The number of aryl methyl sites for hydroxylation is 2. The van der Waals surface area contributed by atoms with Crippen molar-refractivity contribution in [2.75, 3.05) is 30.0 Å². The molecule has 0 radical (unpaired) electrons. The second kappa shape index (κ2) is 9.87. The summed E-state index contributed by atoms with van der Waals surface area (Å²) in [6, 6.07) is 15.4. The second-order valence-electron chi connectivity index (χ2n) is 8.35. The average molecular weight is 424 g/mol. The van der Waals surface area contributed by atoms with E-state index >= 15 is 0 Å². The number of anilines is 1. The number of ether oxygens (including phenoxy) is 1. The maximum atomic E-state index is 12.9. The number of carbonyl (C=O) groups is 2. The van der Waals surface area contributed by atoms with Crippen LogP contribution in [0, 0.1) is 25.2 Å². The maximum absolute atomic E-state index is 12.9. The van der Waals surface area contributed by atoms with Gasteiger partial charge in [-0.05, 0) is 0 Å². The summed E-state index contributed by atoms with van der Waals surface area (Å²) in [5.41, 5.74) is 4.09. The van der Waals surface area contributed by atoms with Gasteiger partial charge >= 0.3 is 178 Å². The SMILES string of the molecule is Cc1cc(C#N)cc(C)c1NC(=O)C[PH]1(CC(=O)OCc2ccccc2)CCCC1. The van der Waals surface area contributed by atoms with Crippen LogP contribution < -0.4 is 5.32 Å². The monoisotopic (exact) mass is 424 g/mol. The standard InChI is InChI=1S/C24H29N2O3P/c1-18-12-21(14-25)13-19(2)24(18)26-22(27)16-30(10-6-7-11-30)17-23(28)29-15-20-8-4-3-5-9-20/h3-5,8-9,12-13,30H,6-7,10-11,15-17H2,1-2H3,(H,26,27). The number of amides is 1. The van der Waals surface area contributed by atoms with Gasteiger partial charge in [0.1, 0.15) is 0 Å². The summed E-state index contributed by atoms with van der Waals surface area (Å²) in [6.45, 7) is 4.07. The van der Waals surface area contributed by atoms with Gasteiger partial charge in [-0.2, -0.15) is 0 Å². The predicted molar refractivity (Wildman–Crippen MR) is 123 cm³/mol. The zero-order valence-corrected chi connectivity index (χ0v) is 18.7. The summed E-state index contributed by atoms with van der Waals surface area (Å²) in [6.07, 6.45) is 4.99. The first-order valence-corrected chi connectivity index (χ1v) is 13.2. The Labute approximate surface area is 178 Å². The summed E-state index contributed by atoms with van der Waals surface area (Å²) >= 11 is 0. The van der Waals surface area contributed by atoms with Gasteiger partial charge in [0, 0.05) is 0 Å². The van der Waals surface area contributed by atoms with E-state index in [2.05, 4.69) is 11.4 Å². The molecule has 0 aliphatic carbocycles. The molecule has 0 bridgehead atoms. The molecule has 0 atom stereocenters. The first-order chi connectivity index (χ1) is 14.4. The van der Waals surface area contributed by atoms with Gasteiger partial charge in [0.25, 0.3) is 0 Å². The quantitative estimate of drug-likeness (QED) is 0.528. The number of carbonyl (C=O) groups excluding carboxylic acids is 2. The van der Waals surface area contributed by atoms with Crippen LogP contribution in [0.15, 0.2) is 42.5 Å². The molecule has 2 aromatic rings. The Morgan fingerprint density at radius 1 is 1.07 bits per heavy atom. The number of nitriles is 1. The van der Waals surface area contributed by atoms with Crippen molar-refractivity contribution in [2.45, 2.75) is 33.3 Å². The minimum absolute atomic E-state index is 0.0321. The van der Waals surface area contributed by atoms with Crippen molar-refractivity contribution in [3.63, 3.8) is 0 Å². The number of nitrogens with one attached hydrogen (secondary N) is 1. The molecule has 0 aromatic heterocycles. The van der Waals surface area contributed by atoms with Crippen LogP contribution >= 0.6 is 7.26 Å². The molecule has 5 nitrogen and oxygen atoms in total. The normalized spacial score (nSPS) is 15.8. The fraction of sp³-hybridized carbons (Fsp3) is 0.375. The van der Waals surface area contributed by atoms with E-state index in [0.29, 0.717) is 17.9 Å². The van der Waals surface area contributed by atoms with Gasteiger partial charge < -0.3 is 0 Å². The summed E-state index contributed by atoms with van der Waals surface area (Å²) in [7, 11) is -2.04. The molecule has 0 saturated carbocycles. The Kier molecular flexibility index (Phi) is 7.24. The third-order valence-electron chi connectivity index (χ3n) is 5.89. The Bertz CT molecular complexity index is 937. The van der Waals surface area contributed by atoms with E-state index in [-0.39, 0.29) is 18.5 Å². The molecule has 1 aliphatic rings. The molecule has 0 spiro atoms. The first-order valence-electron chi connectivity index (χ1n) is 10.4. The fourth-order valence-electron chi connectivity index (χ4n) is 4.39. The number of rotatable bonds is 7.